The van der Waals surface area contributed by atoms with Gasteiger partial charge in [0.25, 0.3) is 0 Å². The van der Waals surface area contributed by atoms with Crippen LogP contribution in [-0.4, -0.2) is 47.0 Å². The first-order valence-electron chi connectivity index (χ1n) is 11.4. The largest absolute Gasteiger partial charge is 0.457 e. The predicted molar refractivity (Wildman–Crippen MR) is 130 cm³/mol. The normalized spacial score (nSPS) is 17.3. The van der Waals surface area contributed by atoms with Gasteiger partial charge in [0, 0.05) is 36.1 Å². The van der Waals surface area contributed by atoms with Crippen LogP contribution in [0.15, 0.2) is 67.0 Å². The molecule has 0 aliphatic carbocycles. The number of piperidine rings is 1. The van der Waals surface area contributed by atoms with Crippen LogP contribution < -0.4 is 10.1 Å². The Labute approximate surface area is 203 Å². The number of aromatic nitrogens is 1. The predicted octanol–water partition coefficient (Wildman–Crippen LogP) is 5.80. The molecule has 0 saturated carbocycles. The fraction of sp³-hybridized carbons (Fsp3) is 0.308. The topological polar surface area (TPSA) is 57.7 Å². The Hall–Kier alpha value is -3.16. The van der Waals surface area contributed by atoms with E-state index in [2.05, 4.69) is 27.3 Å². The van der Waals surface area contributed by atoms with E-state index < -0.39 is 5.82 Å². The molecule has 1 N–H and O–H groups in total. The first kappa shape index (κ1) is 22.6. The number of halogens is 2. The van der Waals surface area contributed by atoms with E-state index in [9.17, 15) is 9.18 Å². The van der Waals surface area contributed by atoms with Crippen molar-refractivity contribution in [3.8, 4) is 11.5 Å². The molecule has 34 heavy (non-hydrogen) atoms. The molecule has 1 aromatic heterocycles. The van der Waals surface area contributed by atoms with Crippen LogP contribution in [-0.2, 0) is 6.54 Å². The zero-order valence-electron chi connectivity index (χ0n) is 18.7. The molecular formula is C26H26ClFN4O2. The highest BCUT2D eigenvalue weighted by Crippen LogP contribution is 2.41. The summed E-state index contributed by atoms with van der Waals surface area (Å²) in [4.78, 5) is 20.5. The Balaban J connectivity index is 1.10. The van der Waals surface area contributed by atoms with Crippen molar-refractivity contribution in [1.29, 1.82) is 0 Å². The second-order valence-corrected chi connectivity index (χ2v) is 9.59. The van der Waals surface area contributed by atoms with Gasteiger partial charge in [0.05, 0.1) is 18.1 Å². The Kier molecular flexibility index (Phi) is 6.39. The van der Waals surface area contributed by atoms with Crippen molar-refractivity contribution in [2.45, 2.75) is 19.4 Å². The Bertz CT molecular complexity index is 1160. The molecule has 0 bridgehead atoms. The third-order valence-electron chi connectivity index (χ3n) is 6.57. The number of pyridine rings is 1. The maximum Gasteiger partial charge on any atom is 0.321 e. The van der Waals surface area contributed by atoms with E-state index in [1.165, 1.54) is 17.8 Å². The number of ether oxygens (including phenoxy) is 1. The van der Waals surface area contributed by atoms with E-state index in [4.69, 9.17) is 16.3 Å². The van der Waals surface area contributed by atoms with Crippen LogP contribution in [0.1, 0.15) is 18.4 Å². The number of rotatable bonds is 5. The number of nitrogens with zero attached hydrogens (tertiary/aromatic N) is 3. The zero-order valence-corrected chi connectivity index (χ0v) is 19.5. The molecule has 8 heteroatoms. The van der Waals surface area contributed by atoms with Crippen LogP contribution in [0.4, 0.5) is 14.9 Å². The van der Waals surface area contributed by atoms with Crippen molar-refractivity contribution >= 4 is 23.3 Å². The van der Waals surface area contributed by atoms with Crippen molar-refractivity contribution in [1.82, 2.24) is 14.8 Å². The minimum atomic E-state index is -0.465. The number of benzene rings is 2. The molecule has 3 heterocycles. The monoisotopic (exact) mass is 480 g/mol. The number of amides is 2. The van der Waals surface area contributed by atoms with Gasteiger partial charge in [-0.2, -0.15) is 0 Å². The molecule has 6 nitrogen and oxygen atoms in total. The average Bonchev–Trinajstić information content (AvgIpc) is 2.80. The number of carbonyl (C=O) groups excluding carboxylic acids is 1. The number of nitrogens with one attached hydrogen (secondary N) is 1. The van der Waals surface area contributed by atoms with Crippen LogP contribution in [0.25, 0.3) is 0 Å². The van der Waals surface area contributed by atoms with Gasteiger partial charge < -0.3 is 15.0 Å². The van der Waals surface area contributed by atoms with Crippen LogP contribution in [0, 0.1) is 11.2 Å². The first-order chi connectivity index (χ1) is 16.5. The van der Waals surface area contributed by atoms with E-state index in [1.54, 1.807) is 4.90 Å². The van der Waals surface area contributed by atoms with E-state index in [1.807, 2.05) is 36.4 Å². The first-order valence-corrected chi connectivity index (χ1v) is 11.8. The molecule has 3 aromatic rings. The summed E-state index contributed by atoms with van der Waals surface area (Å²) in [6, 6.07) is 16.6. The highest BCUT2D eigenvalue weighted by molar-refractivity contribution is 6.30. The molecule has 2 aromatic carbocycles. The number of hydrogen-bond acceptors (Lipinski definition) is 4. The average molecular weight is 481 g/mol. The number of carbonyl (C=O) groups is 1. The Morgan fingerprint density at radius 2 is 1.82 bits per heavy atom. The summed E-state index contributed by atoms with van der Waals surface area (Å²) in [6.07, 6.45) is 4.67. The SMILES string of the molecule is O=C(Nc1cncc(F)c1)N1CC2(CCN(Cc3cccc(Oc4ccc(Cl)cc4)c3)CC2)C1. The standard InChI is InChI=1S/C26H26ClFN4O2/c27-20-4-6-23(7-5-20)34-24-3-1-2-19(12-24)16-31-10-8-26(9-11-31)17-32(18-26)25(33)30-22-13-21(28)14-29-15-22/h1-7,12-15H,8-11,16-18H2,(H,30,33). The highest BCUT2D eigenvalue weighted by atomic mass is 35.5. The van der Waals surface area contributed by atoms with E-state index in [-0.39, 0.29) is 11.4 Å². The molecule has 2 aliphatic rings. The van der Waals surface area contributed by atoms with Gasteiger partial charge in [-0.15, -0.1) is 0 Å². The lowest BCUT2D eigenvalue weighted by Crippen LogP contribution is -2.62. The highest BCUT2D eigenvalue weighted by Gasteiger charge is 2.46. The van der Waals surface area contributed by atoms with Crippen LogP contribution in [0.3, 0.4) is 0 Å². The molecule has 2 amide bonds. The third kappa shape index (κ3) is 5.32. The minimum Gasteiger partial charge on any atom is -0.457 e. The van der Waals surface area contributed by atoms with Crippen LogP contribution in [0.2, 0.25) is 5.02 Å². The van der Waals surface area contributed by atoms with Gasteiger partial charge in [-0.1, -0.05) is 23.7 Å². The molecule has 176 valence electrons. The fourth-order valence-electron chi connectivity index (χ4n) is 4.70. The second kappa shape index (κ2) is 9.60. The third-order valence-corrected chi connectivity index (χ3v) is 6.82. The number of hydrogen-bond donors (Lipinski definition) is 1. The van der Waals surface area contributed by atoms with Crippen molar-refractivity contribution in [2.75, 3.05) is 31.5 Å². The molecule has 5 rings (SSSR count). The quantitative estimate of drug-likeness (QED) is 0.501. The van der Waals surface area contributed by atoms with Crippen LogP contribution in [0.5, 0.6) is 11.5 Å². The van der Waals surface area contributed by atoms with Gasteiger partial charge in [-0.25, -0.2) is 9.18 Å². The van der Waals surface area contributed by atoms with Gasteiger partial charge in [0.1, 0.15) is 17.3 Å². The van der Waals surface area contributed by atoms with Gasteiger partial charge in [-0.3, -0.25) is 9.88 Å². The number of urea groups is 1. The van der Waals surface area contributed by atoms with Gasteiger partial charge in [0.2, 0.25) is 0 Å². The summed E-state index contributed by atoms with van der Waals surface area (Å²) in [5, 5.41) is 3.41. The van der Waals surface area contributed by atoms with Crippen molar-refractivity contribution in [3.05, 3.63) is 83.4 Å². The summed E-state index contributed by atoms with van der Waals surface area (Å²) >= 11 is 5.95. The maximum atomic E-state index is 13.3. The lowest BCUT2D eigenvalue weighted by Gasteiger charge is -2.53. The number of anilines is 1. The zero-order chi connectivity index (χ0) is 23.5. The lowest BCUT2D eigenvalue weighted by atomic mass is 9.72. The molecule has 1 spiro atoms. The van der Waals surface area contributed by atoms with Crippen molar-refractivity contribution in [2.24, 2.45) is 5.41 Å². The second-order valence-electron chi connectivity index (χ2n) is 9.16. The minimum absolute atomic E-state index is 0.188. The fourth-order valence-corrected chi connectivity index (χ4v) is 4.82. The van der Waals surface area contributed by atoms with Gasteiger partial charge in [0.15, 0.2) is 0 Å². The summed E-state index contributed by atoms with van der Waals surface area (Å²) in [6.45, 7) is 4.32. The summed E-state index contributed by atoms with van der Waals surface area (Å²) in [5.41, 5.74) is 1.77. The van der Waals surface area contributed by atoms with Crippen molar-refractivity contribution in [3.63, 3.8) is 0 Å². The van der Waals surface area contributed by atoms with Crippen molar-refractivity contribution < 1.29 is 13.9 Å². The molecule has 2 aliphatic heterocycles. The lowest BCUT2D eigenvalue weighted by molar-refractivity contribution is -0.0200. The van der Waals surface area contributed by atoms with Crippen LogP contribution >= 0.6 is 11.6 Å². The van der Waals surface area contributed by atoms with Gasteiger partial charge in [-0.05, 0) is 67.9 Å². The molecule has 0 radical (unpaired) electrons. The Morgan fingerprint density at radius 1 is 1.06 bits per heavy atom. The Morgan fingerprint density at radius 3 is 2.56 bits per heavy atom. The molecule has 0 atom stereocenters. The van der Waals surface area contributed by atoms with Gasteiger partial charge >= 0.3 is 6.03 Å². The van der Waals surface area contributed by atoms with E-state index >= 15 is 0 Å². The molecule has 2 saturated heterocycles. The molecular weight excluding hydrogens is 455 g/mol. The maximum absolute atomic E-state index is 13.3. The van der Waals surface area contributed by atoms with E-state index in [0.717, 1.165) is 63.3 Å². The summed E-state index contributed by atoms with van der Waals surface area (Å²) < 4.78 is 19.2. The smallest absolute Gasteiger partial charge is 0.321 e. The summed E-state index contributed by atoms with van der Waals surface area (Å²) in [7, 11) is 0. The molecule has 0 unspecified atom stereocenters. The number of likely N-dealkylation sites (tertiary alicyclic amines) is 2. The van der Waals surface area contributed by atoms with E-state index in [0.29, 0.717) is 10.7 Å². The summed E-state index contributed by atoms with van der Waals surface area (Å²) in [5.74, 6) is 1.10. The molecule has 2 fully saturated rings.